The monoisotopic (exact) mass is 235 g/mol. The molecule has 6 heteroatoms. The van der Waals surface area contributed by atoms with E-state index in [9.17, 15) is 13.6 Å². The zero-order valence-electron chi connectivity index (χ0n) is 8.05. The first-order valence-corrected chi connectivity index (χ1v) is 4.38. The molecule has 0 spiro atoms. The Morgan fingerprint density at radius 3 is 2.60 bits per heavy atom. The van der Waals surface area contributed by atoms with Gasteiger partial charge in [-0.15, -0.1) is 0 Å². The number of hydrogen-bond acceptors (Lipinski definition) is 3. The van der Waals surface area contributed by atoms with Gasteiger partial charge in [0, 0.05) is 6.07 Å². The molecule has 0 fully saturated rings. The van der Waals surface area contributed by atoms with Crippen LogP contribution in [0.15, 0.2) is 6.07 Å². The Bertz CT molecular complexity index is 396. The van der Waals surface area contributed by atoms with Crippen molar-refractivity contribution in [3.8, 4) is 5.75 Å². The van der Waals surface area contributed by atoms with Crippen molar-refractivity contribution in [3.05, 3.63) is 23.0 Å². The molecule has 1 aromatic rings. The number of aromatic nitrogens is 1. The summed E-state index contributed by atoms with van der Waals surface area (Å²) >= 11 is 5.19. The topological polar surface area (TPSA) is 39.2 Å². The van der Waals surface area contributed by atoms with Crippen LogP contribution in [0.4, 0.5) is 8.78 Å². The molecule has 82 valence electrons. The molecule has 0 aliphatic carbocycles. The number of aryl methyl sites for hydroxylation is 1. The first kappa shape index (κ1) is 11.8. The summed E-state index contributed by atoms with van der Waals surface area (Å²) in [6.45, 7) is 1.37. The molecule has 0 saturated heterocycles. The lowest BCUT2D eigenvalue weighted by Crippen LogP contribution is -2.03. The second kappa shape index (κ2) is 4.53. The Balaban J connectivity index is 3.37. The minimum absolute atomic E-state index is 0.0355. The van der Waals surface area contributed by atoms with Crippen LogP contribution in [0.1, 0.15) is 28.2 Å². The quantitative estimate of drug-likeness (QED) is 0.756. The van der Waals surface area contributed by atoms with Gasteiger partial charge in [0.15, 0.2) is 0 Å². The van der Waals surface area contributed by atoms with Gasteiger partial charge in [-0.1, -0.05) is 0 Å². The number of methoxy groups -OCH3 is 1. The Morgan fingerprint density at radius 2 is 2.20 bits per heavy atom. The zero-order chi connectivity index (χ0) is 11.6. The third-order valence-corrected chi connectivity index (χ3v) is 2.04. The van der Waals surface area contributed by atoms with Crippen molar-refractivity contribution in [1.29, 1.82) is 0 Å². The van der Waals surface area contributed by atoms with E-state index in [0.29, 0.717) is 0 Å². The second-order valence-electron chi connectivity index (χ2n) is 2.78. The van der Waals surface area contributed by atoms with Gasteiger partial charge in [0.1, 0.15) is 11.4 Å². The van der Waals surface area contributed by atoms with Gasteiger partial charge in [0.2, 0.25) is 0 Å². The molecule has 1 rings (SSSR count). The highest BCUT2D eigenvalue weighted by atomic mass is 35.5. The highest BCUT2D eigenvalue weighted by Gasteiger charge is 2.20. The molecule has 1 heterocycles. The van der Waals surface area contributed by atoms with Crippen LogP contribution in [-0.2, 0) is 0 Å². The summed E-state index contributed by atoms with van der Waals surface area (Å²) in [6.07, 6.45) is -2.70. The predicted octanol–water partition coefficient (Wildman–Crippen LogP) is 2.72. The average molecular weight is 236 g/mol. The maximum Gasteiger partial charge on any atom is 0.270 e. The number of alkyl halides is 2. The molecule has 0 amide bonds. The zero-order valence-corrected chi connectivity index (χ0v) is 8.81. The van der Waals surface area contributed by atoms with Crippen LogP contribution < -0.4 is 4.74 Å². The number of hydrogen-bond donors (Lipinski definition) is 0. The molecule has 0 atom stereocenters. The van der Waals surface area contributed by atoms with E-state index in [1.54, 1.807) is 0 Å². The Kier molecular flexibility index (Phi) is 3.57. The maximum absolute atomic E-state index is 12.6. The van der Waals surface area contributed by atoms with E-state index < -0.39 is 11.7 Å². The van der Waals surface area contributed by atoms with E-state index in [4.69, 9.17) is 16.3 Å². The lowest BCUT2D eigenvalue weighted by Gasteiger charge is -2.10. The van der Waals surface area contributed by atoms with Gasteiger partial charge >= 0.3 is 0 Å². The molecular formula is C9H8ClF2NO2. The molecule has 0 N–H and O–H groups in total. The molecule has 0 aliphatic heterocycles. The van der Waals surface area contributed by atoms with Crippen LogP contribution in [-0.4, -0.2) is 17.3 Å². The van der Waals surface area contributed by atoms with Crippen LogP contribution >= 0.6 is 11.6 Å². The van der Waals surface area contributed by atoms with E-state index in [1.807, 2.05) is 0 Å². The predicted molar refractivity (Wildman–Crippen MR) is 50.7 cm³/mol. The van der Waals surface area contributed by atoms with E-state index in [1.165, 1.54) is 14.0 Å². The fourth-order valence-corrected chi connectivity index (χ4v) is 1.29. The van der Waals surface area contributed by atoms with Crippen LogP contribution in [0.2, 0.25) is 0 Å². The summed E-state index contributed by atoms with van der Waals surface area (Å²) in [6, 6.07) is 1.10. The number of nitrogens with zero attached hydrogens (tertiary/aromatic N) is 1. The number of rotatable bonds is 3. The standard InChI is InChI=1S/C9H8ClF2NO2/c1-4-7(9(11)12)6(15-2)3-5(13-4)8(10)14/h3,9H,1-2H3. The van der Waals surface area contributed by atoms with Gasteiger partial charge in [-0.3, -0.25) is 4.79 Å². The number of ether oxygens (including phenoxy) is 1. The largest absolute Gasteiger partial charge is 0.496 e. The van der Waals surface area contributed by atoms with Crippen molar-refractivity contribution < 1.29 is 18.3 Å². The first-order valence-electron chi connectivity index (χ1n) is 4.01. The van der Waals surface area contributed by atoms with Gasteiger partial charge in [0.25, 0.3) is 11.7 Å². The third kappa shape index (κ3) is 2.41. The Morgan fingerprint density at radius 1 is 1.60 bits per heavy atom. The van der Waals surface area contributed by atoms with Gasteiger partial charge in [-0.2, -0.15) is 0 Å². The SMILES string of the molecule is COc1cc(C(=O)Cl)nc(C)c1C(F)F. The molecule has 0 aromatic carbocycles. The second-order valence-corrected chi connectivity index (χ2v) is 3.13. The van der Waals surface area contributed by atoms with Crippen LogP contribution in [0.25, 0.3) is 0 Å². The lowest BCUT2D eigenvalue weighted by molar-refractivity contribution is 0.107. The minimum Gasteiger partial charge on any atom is -0.496 e. The molecule has 0 saturated carbocycles. The number of carbonyl (C=O) groups excluding carboxylic acids is 1. The van der Waals surface area contributed by atoms with Crippen molar-refractivity contribution in [1.82, 2.24) is 4.98 Å². The normalized spacial score (nSPS) is 10.5. The van der Waals surface area contributed by atoms with E-state index in [0.717, 1.165) is 6.07 Å². The lowest BCUT2D eigenvalue weighted by atomic mass is 10.1. The number of carbonyl (C=O) groups is 1. The van der Waals surface area contributed by atoms with Crippen molar-refractivity contribution >= 4 is 16.8 Å². The summed E-state index contributed by atoms with van der Waals surface area (Å²) in [7, 11) is 1.24. The fourth-order valence-electron chi connectivity index (χ4n) is 1.19. The number of halogens is 3. The molecule has 1 aromatic heterocycles. The van der Waals surface area contributed by atoms with E-state index >= 15 is 0 Å². The van der Waals surface area contributed by atoms with Crippen molar-refractivity contribution in [2.24, 2.45) is 0 Å². The Hall–Kier alpha value is -1.23. The molecule has 0 unspecified atom stereocenters. The smallest absolute Gasteiger partial charge is 0.270 e. The van der Waals surface area contributed by atoms with Crippen LogP contribution in [0.5, 0.6) is 5.75 Å². The summed E-state index contributed by atoms with van der Waals surface area (Å²) in [4.78, 5) is 14.5. The fraction of sp³-hybridized carbons (Fsp3) is 0.333. The Labute approximate surface area is 90.0 Å². The average Bonchev–Trinajstić information content (AvgIpc) is 2.15. The molecule has 15 heavy (non-hydrogen) atoms. The molecule has 0 bridgehead atoms. The van der Waals surface area contributed by atoms with Crippen molar-refractivity contribution in [2.45, 2.75) is 13.3 Å². The molecular weight excluding hydrogens is 228 g/mol. The first-order chi connectivity index (χ1) is 6.97. The highest BCUT2D eigenvalue weighted by Crippen LogP contribution is 2.31. The molecule has 0 radical (unpaired) electrons. The van der Waals surface area contributed by atoms with Gasteiger partial charge in [0.05, 0.1) is 18.4 Å². The summed E-state index contributed by atoms with van der Waals surface area (Å²) in [5, 5.41) is -0.808. The third-order valence-electron chi connectivity index (χ3n) is 1.85. The number of pyridine rings is 1. The van der Waals surface area contributed by atoms with Crippen molar-refractivity contribution in [2.75, 3.05) is 7.11 Å². The van der Waals surface area contributed by atoms with Crippen molar-refractivity contribution in [3.63, 3.8) is 0 Å². The molecule has 0 aliphatic rings. The van der Waals surface area contributed by atoms with Gasteiger partial charge in [-0.25, -0.2) is 13.8 Å². The summed E-state index contributed by atoms with van der Waals surface area (Å²) in [5.41, 5.74) is -0.386. The van der Waals surface area contributed by atoms with Gasteiger partial charge in [-0.05, 0) is 18.5 Å². The van der Waals surface area contributed by atoms with E-state index in [2.05, 4.69) is 4.98 Å². The maximum atomic E-state index is 12.6. The van der Waals surface area contributed by atoms with Crippen LogP contribution in [0.3, 0.4) is 0 Å². The summed E-state index contributed by atoms with van der Waals surface area (Å²) < 4.78 is 29.9. The minimum atomic E-state index is -2.70. The highest BCUT2D eigenvalue weighted by molar-refractivity contribution is 6.67. The molecule has 3 nitrogen and oxygen atoms in total. The van der Waals surface area contributed by atoms with Crippen LogP contribution in [0, 0.1) is 6.92 Å². The van der Waals surface area contributed by atoms with E-state index in [-0.39, 0.29) is 22.7 Å². The summed E-state index contributed by atoms with van der Waals surface area (Å²) in [5.74, 6) is -0.0819. The van der Waals surface area contributed by atoms with Gasteiger partial charge < -0.3 is 4.74 Å².